The number of nitriles is 2. The number of pyridine rings is 1. The molecule has 3 aliphatic rings. The van der Waals surface area contributed by atoms with E-state index in [4.69, 9.17) is 0 Å². The van der Waals surface area contributed by atoms with Crippen molar-refractivity contribution in [1.29, 1.82) is 10.5 Å². The summed E-state index contributed by atoms with van der Waals surface area (Å²) in [7, 11) is 0. The number of likely N-dealkylation sites (tertiary alicyclic amines) is 1. The van der Waals surface area contributed by atoms with E-state index in [0.29, 0.717) is 22.4 Å². The van der Waals surface area contributed by atoms with Crippen LogP contribution in [0.15, 0.2) is 30.5 Å². The Balaban J connectivity index is 1.36. The molecule has 0 spiro atoms. The molecule has 2 heterocycles. The highest BCUT2D eigenvalue weighted by Gasteiger charge is 2.54. The van der Waals surface area contributed by atoms with E-state index in [2.05, 4.69) is 22.4 Å². The van der Waals surface area contributed by atoms with Crippen LogP contribution in [0.4, 0.5) is 0 Å². The van der Waals surface area contributed by atoms with Gasteiger partial charge in [0.1, 0.15) is 6.04 Å². The number of hydrogen-bond acceptors (Lipinski definition) is 5. The third-order valence-electron chi connectivity index (χ3n) is 6.44. The van der Waals surface area contributed by atoms with Gasteiger partial charge < -0.3 is 10.2 Å². The molecule has 29 heavy (non-hydrogen) atoms. The van der Waals surface area contributed by atoms with E-state index >= 15 is 0 Å². The van der Waals surface area contributed by atoms with Crippen LogP contribution in [0.5, 0.6) is 0 Å². The van der Waals surface area contributed by atoms with Gasteiger partial charge in [-0.15, -0.1) is 0 Å². The van der Waals surface area contributed by atoms with Crippen LogP contribution in [0.2, 0.25) is 0 Å². The molecular weight excluding hydrogens is 366 g/mol. The number of amides is 2. The van der Waals surface area contributed by atoms with Gasteiger partial charge in [0, 0.05) is 17.6 Å². The largest absolute Gasteiger partial charge is 0.343 e. The Kier molecular flexibility index (Phi) is 3.82. The molecule has 2 saturated carbocycles. The molecule has 3 atom stereocenters. The standard InChI is InChI=1S/C22H19N5O2/c23-10-15-7-13-8-19(13)27(15)20(28)11-26-21(29)16-3-6-25-18-2-1-14(9-17(16)18)22(12-24)4-5-22/h1-3,6,9,13,15,19H,4-5,7-8,11H2,(H,26,29)/t13-,15+,19+/m1/s1. The van der Waals surface area contributed by atoms with Crippen LogP contribution in [0.25, 0.3) is 10.9 Å². The van der Waals surface area contributed by atoms with Crippen molar-refractivity contribution in [2.24, 2.45) is 5.92 Å². The van der Waals surface area contributed by atoms with Crippen molar-refractivity contribution >= 4 is 22.7 Å². The molecular formula is C22H19N5O2. The van der Waals surface area contributed by atoms with Crippen molar-refractivity contribution in [3.05, 3.63) is 41.6 Å². The predicted octanol–water partition coefficient (Wildman–Crippen LogP) is 2.03. The maximum absolute atomic E-state index is 12.8. The molecule has 1 N–H and O–H groups in total. The quantitative estimate of drug-likeness (QED) is 0.866. The molecule has 1 aromatic carbocycles. The topological polar surface area (TPSA) is 110 Å². The lowest BCUT2D eigenvalue weighted by Gasteiger charge is -2.22. The van der Waals surface area contributed by atoms with E-state index in [0.717, 1.165) is 31.2 Å². The van der Waals surface area contributed by atoms with Crippen molar-refractivity contribution < 1.29 is 9.59 Å². The average molecular weight is 385 g/mol. The number of fused-ring (bicyclic) bond motifs is 2. The second-order valence-electron chi connectivity index (χ2n) is 8.21. The van der Waals surface area contributed by atoms with Crippen LogP contribution in [-0.2, 0) is 10.2 Å². The van der Waals surface area contributed by atoms with E-state index in [9.17, 15) is 20.1 Å². The molecule has 2 amide bonds. The number of aromatic nitrogens is 1. The molecule has 2 aromatic rings. The first-order chi connectivity index (χ1) is 14.1. The van der Waals surface area contributed by atoms with Crippen molar-refractivity contribution in [3.8, 4) is 12.1 Å². The Morgan fingerprint density at radius 3 is 2.79 bits per heavy atom. The summed E-state index contributed by atoms with van der Waals surface area (Å²) in [6, 6.07) is 11.6. The first-order valence-electron chi connectivity index (χ1n) is 9.86. The first kappa shape index (κ1) is 17.6. The number of nitrogens with zero attached hydrogens (tertiary/aromatic N) is 4. The molecule has 7 nitrogen and oxygen atoms in total. The fourth-order valence-corrected chi connectivity index (χ4v) is 4.51. The van der Waals surface area contributed by atoms with Gasteiger partial charge in [-0.2, -0.15) is 10.5 Å². The maximum atomic E-state index is 12.8. The van der Waals surface area contributed by atoms with Gasteiger partial charge in [0.15, 0.2) is 0 Å². The van der Waals surface area contributed by atoms with Crippen LogP contribution in [0.1, 0.15) is 41.6 Å². The monoisotopic (exact) mass is 385 g/mol. The van der Waals surface area contributed by atoms with Crippen LogP contribution in [0, 0.1) is 28.6 Å². The minimum Gasteiger partial charge on any atom is -0.343 e. The number of carbonyl (C=O) groups is 2. The highest BCUT2D eigenvalue weighted by atomic mass is 16.2. The lowest BCUT2D eigenvalue weighted by atomic mass is 9.94. The van der Waals surface area contributed by atoms with Crippen LogP contribution in [-0.4, -0.2) is 40.3 Å². The lowest BCUT2D eigenvalue weighted by Crippen LogP contribution is -2.44. The SMILES string of the molecule is N#C[C@@H]1C[C@@H]2C[C@@H]2N1C(=O)CNC(=O)c1ccnc2ccc(C3(C#N)CC3)cc12. The summed E-state index contributed by atoms with van der Waals surface area (Å²) >= 11 is 0. The van der Waals surface area contributed by atoms with E-state index in [-0.39, 0.29) is 30.4 Å². The molecule has 0 bridgehead atoms. The molecule has 1 aromatic heterocycles. The van der Waals surface area contributed by atoms with Gasteiger partial charge in [0.25, 0.3) is 5.91 Å². The summed E-state index contributed by atoms with van der Waals surface area (Å²) in [5.41, 5.74) is 1.56. The molecule has 144 valence electrons. The van der Waals surface area contributed by atoms with Crippen molar-refractivity contribution in [2.45, 2.75) is 43.2 Å². The van der Waals surface area contributed by atoms with Gasteiger partial charge in [0.05, 0.1) is 35.2 Å². The lowest BCUT2D eigenvalue weighted by molar-refractivity contribution is -0.131. The number of carbonyl (C=O) groups excluding carboxylic acids is 2. The minimum absolute atomic E-state index is 0.133. The van der Waals surface area contributed by atoms with Gasteiger partial charge in [-0.25, -0.2) is 0 Å². The highest BCUT2D eigenvalue weighted by Crippen LogP contribution is 2.48. The summed E-state index contributed by atoms with van der Waals surface area (Å²) in [5.74, 6) is -0.128. The second kappa shape index (κ2) is 6.28. The maximum Gasteiger partial charge on any atom is 0.252 e. The van der Waals surface area contributed by atoms with Crippen LogP contribution >= 0.6 is 0 Å². The first-order valence-corrected chi connectivity index (χ1v) is 9.86. The van der Waals surface area contributed by atoms with Gasteiger partial charge >= 0.3 is 0 Å². The Labute approximate surface area is 167 Å². The summed E-state index contributed by atoms with van der Waals surface area (Å²) in [6.07, 6.45) is 4.90. The second-order valence-corrected chi connectivity index (χ2v) is 8.21. The minimum atomic E-state index is -0.448. The van der Waals surface area contributed by atoms with E-state index < -0.39 is 5.41 Å². The zero-order chi connectivity index (χ0) is 20.2. The Bertz CT molecular complexity index is 1120. The summed E-state index contributed by atoms with van der Waals surface area (Å²) in [4.78, 5) is 31.4. The molecule has 7 heteroatoms. The number of hydrogen-bond donors (Lipinski definition) is 1. The highest BCUT2D eigenvalue weighted by molar-refractivity contribution is 6.07. The van der Waals surface area contributed by atoms with Gasteiger partial charge in [-0.05, 0) is 55.4 Å². The van der Waals surface area contributed by atoms with Crippen molar-refractivity contribution in [2.75, 3.05) is 6.54 Å². The molecule has 0 radical (unpaired) electrons. The zero-order valence-electron chi connectivity index (χ0n) is 15.8. The third kappa shape index (κ3) is 2.82. The average Bonchev–Trinajstić information content (AvgIpc) is 3.68. The van der Waals surface area contributed by atoms with E-state index in [1.54, 1.807) is 17.2 Å². The van der Waals surface area contributed by atoms with Gasteiger partial charge in [-0.3, -0.25) is 14.6 Å². The smallest absolute Gasteiger partial charge is 0.252 e. The summed E-state index contributed by atoms with van der Waals surface area (Å²) < 4.78 is 0. The number of benzene rings is 1. The Morgan fingerprint density at radius 2 is 2.07 bits per heavy atom. The summed E-state index contributed by atoms with van der Waals surface area (Å²) in [6.45, 7) is -0.133. The fourth-order valence-electron chi connectivity index (χ4n) is 4.51. The molecule has 2 aliphatic carbocycles. The van der Waals surface area contributed by atoms with Crippen molar-refractivity contribution in [3.63, 3.8) is 0 Å². The normalized spacial score (nSPS) is 25.6. The predicted molar refractivity (Wildman–Crippen MR) is 103 cm³/mol. The fraction of sp³-hybridized carbons (Fsp3) is 0.409. The van der Waals surface area contributed by atoms with E-state index in [1.807, 2.05) is 18.2 Å². The third-order valence-corrected chi connectivity index (χ3v) is 6.44. The zero-order valence-corrected chi connectivity index (χ0v) is 15.8. The van der Waals surface area contributed by atoms with Crippen molar-refractivity contribution in [1.82, 2.24) is 15.2 Å². The number of piperidine rings is 1. The number of rotatable bonds is 4. The van der Waals surface area contributed by atoms with Gasteiger partial charge in [0.2, 0.25) is 5.91 Å². The van der Waals surface area contributed by atoms with Gasteiger partial charge in [-0.1, -0.05) is 6.07 Å². The van der Waals surface area contributed by atoms with E-state index in [1.165, 1.54) is 0 Å². The Hall–Kier alpha value is -3.45. The van der Waals surface area contributed by atoms with Crippen LogP contribution < -0.4 is 5.32 Å². The molecule has 3 fully saturated rings. The Morgan fingerprint density at radius 1 is 1.24 bits per heavy atom. The summed E-state index contributed by atoms with van der Waals surface area (Å²) in [5, 5.41) is 22.1. The molecule has 0 unspecified atom stereocenters. The molecule has 1 saturated heterocycles. The van der Waals surface area contributed by atoms with Crippen LogP contribution in [0.3, 0.4) is 0 Å². The number of nitrogens with one attached hydrogen (secondary N) is 1. The molecule has 1 aliphatic heterocycles. The molecule has 5 rings (SSSR count).